The minimum absolute atomic E-state index is 0.363. The summed E-state index contributed by atoms with van der Waals surface area (Å²) in [6.45, 7) is 10.7. The standard InChI is InChI=1S/C14H30O4/c1-6-12(7-2)11-16-18-17-14(5,9-4)10-13(15)8-3/h12-13,15H,6-11H2,1-5H3. The second kappa shape index (κ2) is 9.73. The van der Waals surface area contributed by atoms with Gasteiger partial charge in [0.1, 0.15) is 5.60 Å². The number of aliphatic hydroxyl groups is 1. The van der Waals surface area contributed by atoms with Gasteiger partial charge < -0.3 is 5.11 Å². The Kier molecular flexibility index (Phi) is 9.64. The number of rotatable bonds is 11. The van der Waals surface area contributed by atoms with Crippen molar-refractivity contribution < 1.29 is 19.9 Å². The minimum Gasteiger partial charge on any atom is -0.393 e. The van der Waals surface area contributed by atoms with Crippen LogP contribution in [0.2, 0.25) is 0 Å². The third-order valence-corrected chi connectivity index (χ3v) is 3.63. The first-order chi connectivity index (χ1) is 8.51. The fourth-order valence-electron chi connectivity index (χ4n) is 1.63. The van der Waals surface area contributed by atoms with Crippen LogP contribution in [0.3, 0.4) is 0 Å². The Morgan fingerprint density at radius 2 is 1.67 bits per heavy atom. The predicted molar refractivity (Wildman–Crippen MR) is 71.8 cm³/mol. The molecule has 0 aromatic carbocycles. The number of aliphatic hydroxyl groups excluding tert-OH is 1. The van der Waals surface area contributed by atoms with E-state index in [2.05, 4.69) is 13.8 Å². The Balaban J connectivity index is 3.92. The van der Waals surface area contributed by atoms with Gasteiger partial charge in [0.05, 0.1) is 12.7 Å². The highest BCUT2D eigenvalue weighted by Gasteiger charge is 2.28. The quantitative estimate of drug-likeness (QED) is 0.351. The number of hydrogen-bond donors (Lipinski definition) is 1. The molecule has 0 spiro atoms. The Hall–Kier alpha value is -0.160. The van der Waals surface area contributed by atoms with Crippen LogP contribution in [0, 0.1) is 5.92 Å². The first-order valence-corrected chi connectivity index (χ1v) is 7.16. The van der Waals surface area contributed by atoms with Crippen LogP contribution < -0.4 is 0 Å². The van der Waals surface area contributed by atoms with E-state index in [1.54, 1.807) is 0 Å². The molecule has 18 heavy (non-hydrogen) atoms. The lowest BCUT2D eigenvalue weighted by molar-refractivity contribution is -0.545. The lowest BCUT2D eigenvalue weighted by atomic mass is 9.95. The van der Waals surface area contributed by atoms with E-state index in [1.165, 1.54) is 0 Å². The third kappa shape index (κ3) is 7.31. The predicted octanol–water partition coefficient (Wildman–Crippen LogP) is 3.63. The summed E-state index contributed by atoms with van der Waals surface area (Å²) in [5.41, 5.74) is -0.497. The highest BCUT2D eigenvalue weighted by atomic mass is 17.5. The smallest absolute Gasteiger partial charge is 0.106 e. The summed E-state index contributed by atoms with van der Waals surface area (Å²) in [5.74, 6) is 0.503. The molecule has 0 radical (unpaired) electrons. The van der Waals surface area contributed by atoms with Crippen LogP contribution in [0.15, 0.2) is 0 Å². The second-order valence-corrected chi connectivity index (χ2v) is 5.19. The fraction of sp³-hybridized carbons (Fsp3) is 1.00. The van der Waals surface area contributed by atoms with Crippen molar-refractivity contribution in [2.45, 2.75) is 78.4 Å². The van der Waals surface area contributed by atoms with Gasteiger partial charge in [0.25, 0.3) is 0 Å². The van der Waals surface area contributed by atoms with Crippen LogP contribution in [0.5, 0.6) is 0 Å². The van der Waals surface area contributed by atoms with Crippen LogP contribution in [0.1, 0.15) is 66.7 Å². The van der Waals surface area contributed by atoms with Gasteiger partial charge in [-0.05, 0) is 25.7 Å². The maximum absolute atomic E-state index is 9.67. The molecule has 0 aromatic rings. The zero-order valence-corrected chi connectivity index (χ0v) is 12.6. The largest absolute Gasteiger partial charge is 0.393 e. The molecule has 0 fully saturated rings. The normalized spacial score (nSPS) is 16.8. The van der Waals surface area contributed by atoms with Crippen LogP contribution in [0.4, 0.5) is 0 Å². The molecule has 0 bridgehead atoms. The van der Waals surface area contributed by atoms with Gasteiger partial charge in [0, 0.05) is 6.42 Å². The molecule has 0 aliphatic carbocycles. The van der Waals surface area contributed by atoms with Crippen molar-refractivity contribution in [3.8, 4) is 0 Å². The van der Waals surface area contributed by atoms with Crippen LogP contribution in [0.25, 0.3) is 0 Å². The van der Waals surface area contributed by atoms with Gasteiger partial charge in [-0.2, -0.15) is 4.89 Å². The molecule has 1 N–H and O–H groups in total. The van der Waals surface area contributed by atoms with Gasteiger partial charge in [0.15, 0.2) is 0 Å². The average Bonchev–Trinajstić information content (AvgIpc) is 2.38. The molecule has 4 nitrogen and oxygen atoms in total. The Bertz CT molecular complexity index is 194. The van der Waals surface area contributed by atoms with Gasteiger partial charge in [-0.25, -0.2) is 4.89 Å². The summed E-state index contributed by atoms with van der Waals surface area (Å²) in [6, 6.07) is 0. The summed E-state index contributed by atoms with van der Waals surface area (Å²) < 4.78 is 0. The van der Waals surface area contributed by atoms with Crippen LogP contribution >= 0.6 is 0 Å². The van der Waals surface area contributed by atoms with Crippen LogP contribution in [-0.4, -0.2) is 23.4 Å². The molecule has 0 rings (SSSR count). The van der Waals surface area contributed by atoms with Crippen molar-refractivity contribution in [2.75, 3.05) is 6.61 Å². The zero-order chi connectivity index (χ0) is 14.0. The molecule has 110 valence electrons. The SMILES string of the molecule is CCC(O)CC(C)(CC)OOOCC(CC)CC. The maximum Gasteiger partial charge on any atom is 0.106 e. The molecule has 4 heteroatoms. The van der Waals surface area contributed by atoms with E-state index in [-0.39, 0.29) is 6.10 Å². The van der Waals surface area contributed by atoms with Crippen LogP contribution in [-0.2, 0) is 14.8 Å². The van der Waals surface area contributed by atoms with E-state index in [9.17, 15) is 5.11 Å². The first kappa shape index (κ1) is 17.8. The van der Waals surface area contributed by atoms with Crippen molar-refractivity contribution in [1.29, 1.82) is 0 Å². The van der Waals surface area contributed by atoms with Crippen molar-refractivity contribution in [1.82, 2.24) is 0 Å². The maximum atomic E-state index is 9.67. The lowest BCUT2D eigenvalue weighted by Crippen LogP contribution is -2.33. The second-order valence-electron chi connectivity index (χ2n) is 5.19. The Labute approximate surface area is 111 Å². The van der Waals surface area contributed by atoms with Gasteiger partial charge in [-0.3, -0.25) is 0 Å². The van der Waals surface area contributed by atoms with E-state index in [0.717, 1.165) is 19.3 Å². The zero-order valence-electron chi connectivity index (χ0n) is 12.6. The molecule has 0 aromatic heterocycles. The minimum atomic E-state index is -0.497. The molecule has 0 aliphatic heterocycles. The van der Waals surface area contributed by atoms with E-state index < -0.39 is 5.60 Å². The summed E-state index contributed by atoms with van der Waals surface area (Å²) in [5, 5.41) is 14.5. The van der Waals surface area contributed by atoms with E-state index in [4.69, 9.17) is 14.8 Å². The molecular weight excluding hydrogens is 232 g/mol. The molecule has 0 heterocycles. The topological polar surface area (TPSA) is 47.9 Å². The van der Waals surface area contributed by atoms with Gasteiger partial charge in [0.2, 0.25) is 0 Å². The van der Waals surface area contributed by atoms with Gasteiger partial charge in [-0.15, -0.1) is 0 Å². The summed E-state index contributed by atoms with van der Waals surface area (Å²) >= 11 is 0. The number of hydrogen-bond acceptors (Lipinski definition) is 4. The summed E-state index contributed by atoms with van der Waals surface area (Å²) in [6.07, 6.45) is 3.80. The molecule has 2 unspecified atom stereocenters. The van der Waals surface area contributed by atoms with Crippen molar-refractivity contribution in [2.24, 2.45) is 5.92 Å². The van der Waals surface area contributed by atoms with Gasteiger partial charge in [-0.1, -0.05) is 45.6 Å². The van der Waals surface area contributed by atoms with E-state index >= 15 is 0 Å². The molecule has 0 saturated heterocycles. The fourth-order valence-corrected chi connectivity index (χ4v) is 1.63. The highest BCUT2D eigenvalue weighted by molar-refractivity contribution is 4.75. The summed E-state index contributed by atoms with van der Waals surface area (Å²) in [4.78, 5) is 10.4. The van der Waals surface area contributed by atoms with E-state index in [1.807, 2.05) is 20.8 Å². The molecule has 0 amide bonds. The van der Waals surface area contributed by atoms with Crippen molar-refractivity contribution in [3.05, 3.63) is 0 Å². The Morgan fingerprint density at radius 1 is 1.06 bits per heavy atom. The highest BCUT2D eigenvalue weighted by Crippen LogP contribution is 2.23. The first-order valence-electron chi connectivity index (χ1n) is 7.16. The van der Waals surface area contributed by atoms with Gasteiger partial charge >= 0.3 is 0 Å². The average molecular weight is 262 g/mol. The monoisotopic (exact) mass is 262 g/mol. The van der Waals surface area contributed by atoms with Crippen molar-refractivity contribution >= 4 is 0 Å². The molecular formula is C14H30O4. The molecule has 0 aliphatic rings. The Morgan fingerprint density at radius 3 is 2.11 bits per heavy atom. The summed E-state index contributed by atoms with van der Waals surface area (Å²) in [7, 11) is 0. The molecule has 0 saturated carbocycles. The van der Waals surface area contributed by atoms with Crippen molar-refractivity contribution in [3.63, 3.8) is 0 Å². The lowest BCUT2D eigenvalue weighted by Gasteiger charge is -2.28. The van der Waals surface area contributed by atoms with E-state index in [0.29, 0.717) is 25.4 Å². The third-order valence-electron chi connectivity index (χ3n) is 3.63. The molecule has 2 atom stereocenters.